The van der Waals surface area contributed by atoms with Crippen molar-refractivity contribution in [2.75, 3.05) is 25.5 Å². The molecule has 0 bridgehead atoms. The molecule has 1 aromatic rings. The van der Waals surface area contributed by atoms with Crippen molar-refractivity contribution in [3.63, 3.8) is 0 Å². The van der Waals surface area contributed by atoms with E-state index in [9.17, 15) is 4.79 Å². The lowest BCUT2D eigenvalue weighted by Gasteiger charge is -2.20. The number of carbonyl (C=O) groups excluding carboxylic acids is 1. The van der Waals surface area contributed by atoms with Gasteiger partial charge in [0.2, 0.25) is 0 Å². The predicted molar refractivity (Wildman–Crippen MR) is 82.3 cm³/mol. The average Bonchev–Trinajstić information content (AvgIpc) is 2.66. The van der Waals surface area contributed by atoms with Crippen LogP contribution in [0, 0.1) is 6.92 Å². The zero-order valence-electron chi connectivity index (χ0n) is 13.0. The van der Waals surface area contributed by atoms with E-state index in [0.29, 0.717) is 6.54 Å². The van der Waals surface area contributed by atoms with Crippen LogP contribution < -0.4 is 16.0 Å². The van der Waals surface area contributed by atoms with Crippen LogP contribution in [-0.4, -0.2) is 37.3 Å². The van der Waals surface area contributed by atoms with E-state index in [1.807, 2.05) is 46.7 Å². The summed E-state index contributed by atoms with van der Waals surface area (Å²) in [6, 6.07) is -0.284. The number of carbonyl (C=O) groups is 1. The summed E-state index contributed by atoms with van der Waals surface area (Å²) in [6.07, 6.45) is -0.456. The number of aryl methyl sites for hydroxylation is 1. The van der Waals surface area contributed by atoms with Crippen molar-refractivity contribution in [3.8, 4) is 0 Å². The van der Waals surface area contributed by atoms with Crippen molar-refractivity contribution >= 4 is 22.6 Å². The van der Waals surface area contributed by atoms with E-state index >= 15 is 0 Å². The Morgan fingerprint density at radius 2 is 2.10 bits per heavy atom. The van der Waals surface area contributed by atoms with Gasteiger partial charge in [-0.3, -0.25) is 0 Å². The highest BCUT2D eigenvalue weighted by atomic mass is 32.1. The Labute approximate surface area is 124 Å². The second-order valence-corrected chi connectivity index (χ2v) is 6.84. The lowest BCUT2D eigenvalue weighted by Crippen LogP contribution is -2.36. The third-order valence-corrected chi connectivity index (χ3v) is 3.86. The molecule has 0 radical (unpaired) electrons. The molecule has 0 saturated heterocycles. The number of thiazole rings is 1. The van der Waals surface area contributed by atoms with Crippen LogP contribution in [0.3, 0.4) is 0 Å². The van der Waals surface area contributed by atoms with Crippen LogP contribution in [0.25, 0.3) is 0 Å². The standard InChI is InChI=1S/C13H24N4O2S/c1-8-10(20-11(16-8)17(5)6)9(14)7-15-12(18)19-13(2,3)4/h9H,7,14H2,1-6H3,(H,15,18). The predicted octanol–water partition coefficient (Wildman–Crippen LogP) is 2.04. The van der Waals surface area contributed by atoms with E-state index in [2.05, 4.69) is 10.3 Å². The van der Waals surface area contributed by atoms with Gasteiger partial charge in [0.15, 0.2) is 5.13 Å². The van der Waals surface area contributed by atoms with Crippen LogP contribution in [0.15, 0.2) is 0 Å². The van der Waals surface area contributed by atoms with Gasteiger partial charge in [-0.1, -0.05) is 11.3 Å². The molecule has 0 aliphatic carbocycles. The zero-order valence-corrected chi connectivity index (χ0v) is 13.8. The maximum Gasteiger partial charge on any atom is 0.407 e. The number of hydrogen-bond donors (Lipinski definition) is 2. The van der Waals surface area contributed by atoms with Gasteiger partial charge in [0.1, 0.15) is 5.60 Å². The van der Waals surface area contributed by atoms with Crippen LogP contribution >= 0.6 is 11.3 Å². The number of anilines is 1. The van der Waals surface area contributed by atoms with Gasteiger partial charge in [0.25, 0.3) is 0 Å². The lowest BCUT2D eigenvalue weighted by molar-refractivity contribution is 0.0524. The molecule has 7 heteroatoms. The number of hydrogen-bond acceptors (Lipinski definition) is 6. The van der Waals surface area contributed by atoms with Gasteiger partial charge in [0.05, 0.1) is 11.7 Å². The normalized spacial score (nSPS) is 12.9. The van der Waals surface area contributed by atoms with Crippen molar-refractivity contribution < 1.29 is 9.53 Å². The van der Waals surface area contributed by atoms with Crippen molar-refractivity contribution in [2.45, 2.75) is 39.3 Å². The number of nitrogens with one attached hydrogen (secondary N) is 1. The Bertz CT molecular complexity index is 465. The Morgan fingerprint density at radius 3 is 2.55 bits per heavy atom. The second kappa shape index (κ2) is 6.41. The minimum Gasteiger partial charge on any atom is -0.444 e. The van der Waals surface area contributed by atoms with Crippen LogP contribution in [0.2, 0.25) is 0 Å². The quantitative estimate of drug-likeness (QED) is 0.889. The van der Waals surface area contributed by atoms with Gasteiger partial charge in [-0.05, 0) is 27.7 Å². The Hall–Kier alpha value is -1.34. The summed E-state index contributed by atoms with van der Waals surface area (Å²) >= 11 is 1.54. The topological polar surface area (TPSA) is 80.5 Å². The molecular weight excluding hydrogens is 276 g/mol. The maximum absolute atomic E-state index is 11.6. The second-order valence-electron chi connectivity index (χ2n) is 5.83. The fourth-order valence-corrected chi connectivity index (χ4v) is 2.52. The molecule has 0 fully saturated rings. The van der Waals surface area contributed by atoms with Gasteiger partial charge in [-0.25, -0.2) is 9.78 Å². The molecule has 0 aliphatic rings. The van der Waals surface area contributed by atoms with Crippen LogP contribution in [0.5, 0.6) is 0 Å². The maximum atomic E-state index is 11.6. The molecule has 0 aliphatic heterocycles. The number of nitrogens with zero attached hydrogens (tertiary/aromatic N) is 2. The summed E-state index contributed by atoms with van der Waals surface area (Å²) in [4.78, 5) is 18.9. The fraction of sp³-hybridized carbons (Fsp3) is 0.692. The van der Waals surface area contributed by atoms with Crippen LogP contribution in [0.1, 0.15) is 37.4 Å². The molecule has 20 heavy (non-hydrogen) atoms. The summed E-state index contributed by atoms with van der Waals surface area (Å²) in [6.45, 7) is 7.71. The molecule has 6 nitrogen and oxygen atoms in total. The molecule has 1 amide bonds. The molecule has 1 heterocycles. The summed E-state index contributed by atoms with van der Waals surface area (Å²) in [5.74, 6) is 0. The highest BCUT2D eigenvalue weighted by Crippen LogP contribution is 2.28. The highest BCUT2D eigenvalue weighted by molar-refractivity contribution is 7.15. The summed E-state index contributed by atoms with van der Waals surface area (Å²) in [5, 5.41) is 3.59. The number of amides is 1. The highest BCUT2D eigenvalue weighted by Gasteiger charge is 2.19. The van der Waals surface area contributed by atoms with E-state index in [-0.39, 0.29) is 6.04 Å². The first-order valence-corrected chi connectivity index (χ1v) is 7.29. The van der Waals surface area contributed by atoms with Gasteiger partial charge >= 0.3 is 6.09 Å². The van der Waals surface area contributed by atoms with E-state index < -0.39 is 11.7 Å². The number of ether oxygens (including phenoxy) is 1. The average molecular weight is 300 g/mol. The largest absolute Gasteiger partial charge is 0.444 e. The smallest absolute Gasteiger partial charge is 0.407 e. The summed E-state index contributed by atoms with van der Waals surface area (Å²) in [5.41, 5.74) is 6.50. The molecule has 114 valence electrons. The molecule has 1 aromatic heterocycles. The van der Waals surface area contributed by atoms with Gasteiger partial charge in [0, 0.05) is 25.5 Å². The Balaban J connectivity index is 2.59. The lowest BCUT2D eigenvalue weighted by atomic mass is 10.2. The summed E-state index contributed by atoms with van der Waals surface area (Å²) < 4.78 is 5.17. The third kappa shape index (κ3) is 4.97. The van der Waals surface area contributed by atoms with E-state index in [1.165, 1.54) is 11.3 Å². The third-order valence-electron chi connectivity index (χ3n) is 2.41. The van der Waals surface area contributed by atoms with Crippen molar-refractivity contribution in [2.24, 2.45) is 5.73 Å². The molecule has 1 unspecified atom stereocenters. The van der Waals surface area contributed by atoms with Gasteiger partial charge in [-0.15, -0.1) is 0 Å². The van der Waals surface area contributed by atoms with Crippen LogP contribution in [0.4, 0.5) is 9.93 Å². The van der Waals surface area contributed by atoms with Crippen molar-refractivity contribution in [3.05, 3.63) is 10.6 Å². The van der Waals surface area contributed by atoms with Gasteiger partial charge in [-0.2, -0.15) is 0 Å². The minimum atomic E-state index is -0.507. The fourth-order valence-electron chi connectivity index (χ4n) is 1.53. The number of aromatic nitrogens is 1. The van der Waals surface area contributed by atoms with E-state index in [1.54, 1.807) is 0 Å². The van der Waals surface area contributed by atoms with E-state index in [0.717, 1.165) is 15.7 Å². The molecule has 1 atom stereocenters. The summed E-state index contributed by atoms with van der Waals surface area (Å²) in [7, 11) is 3.87. The van der Waals surface area contributed by atoms with Crippen LogP contribution in [-0.2, 0) is 4.74 Å². The minimum absolute atomic E-state index is 0.284. The SMILES string of the molecule is Cc1nc(N(C)C)sc1C(N)CNC(=O)OC(C)(C)C. The zero-order chi connectivity index (χ0) is 15.5. The molecule has 0 spiro atoms. The Kier molecular flexibility index (Phi) is 5.35. The molecule has 3 N–H and O–H groups in total. The van der Waals surface area contributed by atoms with E-state index in [4.69, 9.17) is 10.5 Å². The van der Waals surface area contributed by atoms with Crippen molar-refractivity contribution in [1.82, 2.24) is 10.3 Å². The Morgan fingerprint density at radius 1 is 1.50 bits per heavy atom. The number of rotatable bonds is 4. The molecule has 1 rings (SSSR count). The van der Waals surface area contributed by atoms with Crippen molar-refractivity contribution in [1.29, 1.82) is 0 Å². The molecule has 0 aromatic carbocycles. The first-order valence-electron chi connectivity index (χ1n) is 6.47. The first kappa shape index (κ1) is 16.7. The number of alkyl carbamates (subject to hydrolysis) is 1. The monoisotopic (exact) mass is 300 g/mol. The first-order chi connectivity index (χ1) is 9.10. The molecule has 0 saturated carbocycles. The van der Waals surface area contributed by atoms with Gasteiger partial charge < -0.3 is 20.7 Å². The molecular formula is C13H24N4O2S. The number of nitrogens with two attached hydrogens (primary N) is 1.